The van der Waals surface area contributed by atoms with Gasteiger partial charge in [-0.05, 0) is 24.7 Å². The van der Waals surface area contributed by atoms with Crippen molar-refractivity contribution in [3.05, 3.63) is 77.0 Å². The van der Waals surface area contributed by atoms with Gasteiger partial charge in [-0.15, -0.1) is 0 Å². The fourth-order valence-electron chi connectivity index (χ4n) is 2.82. The fraction of sp³-hybridized carbons (Fsp3) is 0.211. The van der Waals surface area contributed by atoms with Gasteiger partial charge in [-0.3, -0.25) is 4.79 Å². The van der Waals surface area contributed by atoms with Crippen LogP contribution in [0.15, 0.2) is 60.4 Å². The van der Waals surface area contributed by atoms with Gasteiger partial charge in [-0.2, -0.15) is 13.2 Å². The van der Waals surface area contributed by atoms with Crippen molar-refractivity contribution in [2.45, 2.75) is 12.3 Å². The first kappa shape index (κ1) is 17.2. The lowest BCUT2D eigenvalue weighted by Gasteiger charge is -2.11. The summed E-state index contributed by atoms with van der Waals surface area (Å²) in [7, 11) is 1.68. The van der Waals surface area contributed by atoms with Crippen molar-refractivity contribution in [1.82, 2.24) is 5.32 Å². The largest absolute Gasteiger partial charge is 0.480 e. The Morgan fingerprint density at radius 3 is 2.44 bits per heavy atom. The van der Waals surface area contributed by atoms with E-state index < -0.39 is 17.8 Å². The van der Waals surface area contributed by atoms with Crippen LogP contribution in [0.1, 0.15) is 22.8 Å². The lowest BCUT2D eigenvalue weighted by atomic mass is 9.95. The van der Waals surface area contributed by atoms with E-state index in [-0.39, 0.29) is 23.5 Å². The second-order valence-corrected chi connectivity index (χ2v) is 5.68. The highest BCUT2D eigenvalue weighted by Gasteiger charge is 2.37. The van der Waals surface area contributed by atoms with E-state index in [1.54, 1.807) is 31.3 Å². The Hall–Kier alpha value is -2.60. The topological polar surface area (TPSA) is 38.3 Å². The predicted molar refractivity (Wildman–Crippen MR) is 87.6 cm³/mol. The molecule has 3 rings (SSSR count). The van der Waals surface area contributed by atoms with Gasteiger partial charge < -0.3 is 10.1 Å². The summed E-state index contributed by atoms with van der Waals surface area (Å²) in [6.45, 7) is 0.251. The predicted octanol–water partition coefficient (Wildman–Crippen LogP) is 3.98. The molecule has 2 aromatic rings. The van der Waals surface area contributed by atoms with Crippen molar-refractivity contribution < 1.29 is 22.7 Å². The number of alkyl halides is 3. The van der Waals surface area contributed by atoms with Gasteiger partial charge >= 0.3 is 6.18 Å². The minimum atomic E-state index is -4.47. The summed E-state index contributed by atoms with van der Waals surface area (Å²) >= 11 is 0. The highest BCUT2D eigenvalue weighted by Crippen LogP contribution is 2.39. The molecule has 1 aliphatic rings. The maximum atomic E-state index is 13.0. The van der Waals surface area contributed by atoms with Gasteiger partial charge in [0.25, 0.3) is 0 Å². The van der Waals surface area contributed by atoms with Crippen LogP contribution in [0.2, 0.25) is 0 Å². The van der Waals surface area contributed by atoms with Crippen molar-refractivity contribution >= 4 is 11.4 Å². The number of hydrogen-bond acceptors (Lipinski definition) is 3. The molecule has 1 unspecified atom stereocenters. The molecular weight excluding hydrogens is 331 g/mol. The maximum Gasteiger partial charge on any atom is 0.416 e. The van der Waals surface area contributed by atoms with Crippen LogP contribution in [0.3, 0.4) is 0 Å². The molecule has 0 spiro atoms. The van der Waals surface area contributed by atoms with Crippen molar-refractivity contribution in [2.24, 2.45) is 0 Å². The van der Waals surface area contributed by atoms with Crippen LogP contribution in [-0.4, -0.2) is 19.4 Å². The third kappa shape index (κ3) is 3.44. The second-order valence-electron chi connectivity index (χ2n) is 5.68. The molecule has 0 aliphatic carbocycles. The zero-order chi connectivity index (χ0) is 18.0. The van der Waals surface area contributed by atoms with Crippen LogP contribution >= 0.6 is 0 Å². The normalized spacial score (nSPS) is 17.8. The summed E-state index contributed by atoms with van der Waals surface area (Å²) < 4.78 is 44.8. The van der Waals surface area contributed by atoms with Crippen LogP contribution < -0.4 is 5.32 Å². The van der Waals surface area contributed by atoms with Gasteiger partial charge in [0.05, 0.1) is 17.7 Å². The molecule has 0 radical (unpaired) electrons. The lowest BCUT2D eigenvalue weighted by molar-refractivity contribution is -0.137. The minimum Gasteiger partial charge on any atom is -0.480 e. The molecule has 3 nitrogen and oxygen atoms in total. The van der Waals surface area contributed by atoms with E-state index in [0.717, 1.165) is 12.1 Å². The van der Waals surface area contributed by atoms with Crippen molar-refractivity contribution in [2.75, 3.05) is 13.6 Å². The number of carbonyl (C=O) groups excluding carboxylic acids is 1. The monoisotopic (exact) mass is 347 g/mol. The molecule has 1 atom stereocenters. The molecule has 0 bridgehead atoms. The number of ether oxygens (including phenoxy) is 1. The SMILES string of the molecule is CNCC1=C(c2cccc(C(F)(F)F)c2)C(=O)C(c2ccccc2)O1. The van der Waals surface area contributed by atoms with Gasteiger partial charge in [0.15, 0.2) is 6.10 Å². The molecule has 1 N–H and O–H groups in total. The second kappa shape index (κ2) is 6.72. The van der Waals surface area contributed by atoms with Gasteiger partial charge in [0.2, 0.25) is 5.78 Å². The van der Waals surface area contributed by atoms with E-state index in [0.29, 0.717) is 11.3 Å². The van der Waals surface area contributed by atoms with E-state index in [2.05, 4.69) is 5.32 Å². The van der Waals surface area contributed by atoms with Crippen LogP contribution in [0.4, 0.5) is 13.2 Å². The third-order valence-corrected chi connectivity index (χ3v) is 3.94. The number of Topliss-reactive ketones (excluding diaryl/α,β-unsaturated/α-hetero) is 1. The molecule has 0 amide bonds. The Bertz CT molecular complexity index is 813. The Morgan fingerprint density at radius 2 is 1.80 bits per heavy atom. The smallest absolute Gasteiger partial charge is 0.416 e. The summed E-state index contributed by atoms with van der Waals surface area (Å²) in [6, 6.07) is 13.7. The zero-order valence-electron chi connectivity index (χ0n) is 13.4. The highest BCUT2D eigenvalue weighted by atomic mass is 19.4. The molecule has 0 aromatic heterocycles. The molecule has 25 heavy (non-hydrogen) atoms. The summed E-state index contributed by atoms with van der Waals surface area (Å²) in [5.74, 6) is 0.0106. The Kier molecular flexibility index (Phi) is 4.63. The molecule has 1 aliphatic heterocycles. The first-order valence-electron chi connectivity index (χ1n) is 7.73. The van der Waals surface area contributed by atoms with Crippen LogP contribution in [0, 0.1) is 0 Å². The molecule has 1 heterocycles. The number of ketones is 1. The standard InChI is InChI=1S/C19H16F3NO2/c1-23-11-15-16(13-8-5-9-14(10-13)19(20,21)22)17(24)18(25-15)12-6-3-2-4-7-12/h2-10,18,23H,11H2,1H3. The molecule has 0 saturated heterocycles. The van der Waals surface area contributed by atoms with Gasteiger partial charge in [0.1, 0.15) is 5.76 Å². The number of carbonyl (C=O) groups is 1. The van der Waals surface area contributed by atoms with Gasteiger partial charge in [-0.25, -0.2) is 0 Å². The van der Waals surface area contributed by atoms with Gasteiger partial charge in [0, 0.05) is 5.56 Å². The summed E-state index contributed by atoms with van der Waals surface area (Å²) in [6.07, 6.45) is -5.31. The number of hydrogen-bond donors (Lipinski definition) is 1. The van der Waals surface area contributed by atoms with E-state index in [1.165, 1.54) is 12.1 Å². The molecule has 130 valence electrons. The Balaban J connectivity index is 2.03. The molecule has 0 fully saturated rings. The fourth-order valence-corrected chi connectivity index (χ4v) is 2.82. The van der Waals surface area contributed by atoms with Crippen LogP contribution in [0.5, 0.6) is 0 Å². The summed E-state index contributed by atoms with van der Waals surface area (Å²) in [4.78, 5) is 12.9. The first-order chi connectivity index (χ1) is 11.9. The average Bonchev–Trinajstić information content (AvgIpc) is 2.92. The number of benzene rings is 2. The number of halogens is 3. The van der Waals surface area contributed by atoms with Crippen LogP contribution in [-0.2, 0) is 15.7 Å². The Labute approximate surface area is 143 Å². The van der Waals surface area contributed by atoms with Crippen molar-refractivity contribution in [3.8, 4) is 0 Å². The van der Waals surface area contributed by atoms with Crippen molar-refractivity contribution in [3.63, 3.8) is 0 Å². The molecule has 2 aromatic carbocycles. The molecule has 6 heteroatoms. The van der Waals surface area contributed by atoms with Crippen LogP contribution in [0.25, 0.3) is 5.57 Å². The molecular formula is C19H16F3NO2. The Morgan fingerprint density at radius 1 is 1.08 bits per heavy atom. The van der Waals surface area contributed by atoms with Gasteiger partial charge in [-0.1, -0.05) is 42.5 Å². The van der Waals surface area contributed by atoms with E-state index in [9.17, 15) is 18.0 Å². The lowest BCUT2D eigenvalue weighted by Crippen LogP contribution is -2.12. The summed E-state index contributed by atoms with van der Waals surface area (Å²) in [5, 5.41) is 2.89. The quantitative estimate of drug-likeness (QED) is 0.909. The summed E-state index contributed by atoms with van der Waals surface area (Å²) in [5.41, 5.74) is 0.276. The highest BCUT2D eigenvalue weighted by molar-refractivity contribution is 6.25. The minimum absolute atomic E-state index is 0.189. The van der Waals surface area contributed by atoms with E-state index in [1.807, 2.05) is 6.07 Å². The number of rotatable bonds is 4. The maximum absolute atomic E-state index is 13.0. The zero-order valence-corrected chi connectivity index (χ0v) is 13.4. The van der Waals surface area contributed by atoms with E-state index >= 15 is 0 Å². The number of likely N-dealkylation sites (N-methyl/N-ethyl adjacent to an activating group) is 1. The first-order valence-corrected chi connectivity index (χ1v) is 7.73. The van der Waals surface area contributed by atoms with Crippen molar-refractivity contribution in [1.29, 1.82) is 0 Å². The third-order valence-electron chi connectivity index (χ3n) is 3.94. The average molecular weight is 347 g/mol. The van der Waals surface area contributed by atoms with E-state index in [4.69, 9.17) is 4.74 Å². The number of nitrogens with one attached hydrogen (secondary N) is 1. The molecule has 0 saturated carbocycles.